The summed E-state index contributed by atoms with van der Waals surface area (Å²) < 4.78 is 0. The van der Waals surface area contributed by atoms with E-state index in [4.69, 9.17) is 11.6 Å². The van der Waals surface area contributed by atoms with Gasteiger partial charge in [0, 0.05) is 5.92 Å². The van der Waals surface area contributed by atoms with E-state index in [1.807, 2.05) is 0 Å². The number of rotatable bonds is 0. The molecule has 62 valence electrons. The van der Waals surface area contributed by atoms with Gasteiger partial charge in [0.1, 0.15) is 5.50 Å². The summed E-state index contributed by atoms with van der Waals surface area (Å²) in [5, 5.41) is 11.2. The van der Waals surface area contributed by atoms with E-state index in [1.165, 1.54) is 12.8 Å². The molecule has 0 N–H and O–H groups in total. The molecule has 1 heterocycles. The number of hydrogen-bond donors (Lipinski definition) is 0. The summed E-state index contributed by atoms with van der Waals surface area (Å²) in [6, 6.07) is 0. The van der Waals surface area contributed by atoms with Gasteiger partial charge in [0.15, 0.2) is 0 Å². The number of alkyl halides is 1. The first-order chi connectivity index (χ1) is 5.29. The van der Waals surface area contributed by atoms with Gasteiger partial charge in [-0.25, -0.2) is 0 Å². The zero-order valence-corrected chi connectivity index (χ0v) is 7.05. The Hall–Kier alpha value is -0.240. The van der Waals surface area contributed by atoms with Crippen LogP contribution in [0.5, 0.6) is 0 Å². The molecule has 1 saturated carbocycles. The zero-order valence-electron chi connectivity index (χ0n) is 6.29. The van der Waals surface area contributed by atoms with Gasteiger partial charge in [0.05, 0.1) is 0 Å². The Morgan fingerprint density at radius 1 is 1.36 bits per heavy atom. The summed E-state index contributed by atoms with van der Waals surface area (Å²) in [6.07, 6.45) is 4.49. The molecular weight excluding hydrogens is 162 g/mol. The van der Waals surface area contributed by atoms with Crippen LogP contribution in [0.3, 0.4) is 0 Å². The van der Waals surface area contributed by atoms with Crippen LogP contribution < -0.4 is 5.11 Å². The molecule has 2 rings (SSSR count). The average Bonchev–Trinajstić information content (AvgIpc) is 2.30. The highest BCUT2D eigenvalue weighted by molar-refractivity contribution is 6.21. The smallest absolute Gasteiger partial charge is 0.126 e. The maximum atomic E-state index is 11.2. The van der Waals surface area contributed by atoms with E-state index in [-0.39, 0.29) is 17.3 Å². The topological polar surface area (TPSA) is 35.4 Å². The van der Waals surface area contributed by atoms with Gasteiger partial charge in [-0.3, -0.25) is 4.99 Å². The molecule has 2 aliphatic rings. The molecule has 1 fully saturated rings. The van der Waals surface area contributed by atoms with E-state index in [0.29, 0.717) is 5.92 Å². The van der Waals surface area contributed by atoms with Gasteiger partial charge in [0.25, 0.3) is 0 Å². The molecule has 3 heteroatoms. The van der Waals surface area contributed by atoms with Crippen molar-refractivity contribution >= 4 is 17.5 Å². The highest BCUT2D eigenvalue weighted by Gasteiger charge is 2.35. The molecule has 0 aromatic carbocycles. The predicted octanol–water partition coefficient (Wildman–Crippen LogP) is 1.13. The van der Waals surface area contributed by atoms with Gasteiger partial charge in [-0.15, -0.1) is 0 Å². The van der Waals surface area contributed by atoms with Crippen molar-refractivity contribution in [2.45, 2.75) is 31.2 Å². The van der Waals surface area contributed by atoms with Gasteiger partial charge in [-0.1, -0.05) is 24.4 Å². The summed E-state index contributed by atoms with van der Waals surface area (Å²) >= 11 is 5.89. The highest BCUT2D eigenvalue weighted by atomic mass is 35.5. The van der Waals surface area contributed by atoms with Gasteiger partial charge in [-0.05, 0) is 24.7 Å². The number of aliphatic imine (C=N–C) groups is 1. The van der Waals surface area contributed by atoms with Crippen molar-refractivity contribution in [1.29, 1.82) is 0 Å². The molecule has 0 bridgehead atoms. The lowest BCUT2D eigenvalue weighted by Gasteiger charge is -2.28. The van der Waals surface area contributed by atoms with E-state index in [0.717, 1.165) is 12.8 Å². The SMILES string of the molecule is [O-]C1=NC(Cl)C2CCCCC12. The van der Waals surface area contributed by atoms with E-state index >= 15 is 0 Å². The standard InChI is InChI=1S/C8H12ClNO/c9-7-5-3-1-2-4-6(5)8(11)10-7/h5-7H,1-4H2,(H,10,11)/p-1. The van der Waals surface area contributed by atoms with Crippen LogP contribution in [-0.2, 0) is 0 Å². The minimum Gasteiger partial charge on any atom is -0.862 e. The Morgan fingerprint density at radius 2 is 2.09 bits per heavy atom. The van der Waals surface area contributed by atoms with E-state index < -0.39 is 0 Å². The van der Waals surface area contributed by atoms with Gasteiger partial charge in [0.2, 0.25) is 0 Å². The first kappa shape index (κ1) is 7.41. The molecule has 0 spiro atoms. The van der Waals surface area contributed by atoms with Crippen LogP contribution >= 0.6 is 11.6 Å². The molecule has 11 heavy (non-hydrogen) atoms. The first-order valence-corrected chi connectivity index (χ1v) is 4.61. The predicted molar refractivity (Wildman–Crippen MR) is 42.5 cm³/mol. The molecule has 3 unspecified atom stereocenters. The molecule has 0 radical (unpaired) electrons. The number of nitrogens with zero attached hydrogens (tertiary/aromatic N) is 1. The molecular formula is C8H11ClNO-. The minimum absolute atomic E-state index is 0.0506. The van der Waals surface area contributed by atoms with Crippen LogP contribution in [0.2, 0.25) is 0 Å². The second-order valence-corrected chi connectivity index (χ2v) is 3.84. The van der Waals surface area contributed by atoms with E-state index in [9.17, 15) is 5.11 Å². The number of halogens is 1. The van der Waals surface area contributed by atoms with E-state index in [2.05, 4.69) is 4.99 Å². The van der Waals surface area contributed by atoms with Crippen LogP contribution in [-0.4, -0.2) is 11.4 Å². The lowest BCUT2D eigenvalue weighted by atomic mass is 9.81. The second-order valence-electron chi connectivity index (χ2n) is 3.39. The third-order valence-corrected chi connectivity index (χ3v) is 3.16. The third kappa shape index (κ3) is 1.13. The quantitative estimate of drug-likeness (QED) is 0.399. The molecule has 1 aliphatic carbocycles. The Bertz CT molecular complexity index is 193. The molecule has 3 atom stereocenters. The number of fused-ring (bicyclic) bond motifs is 1. The fourth-order valence-electron chi connectivity index (χ4n) is 2.11. The lowest BCUT2D eigenvalue weighted by Crippen LogP contribution is -2.31. The number of hydrogen-bond acceptors (Lipinski definition) is 2. The Morgan fingerprint density at radius 3 is 2.82 bits per heavy atom. The van der Waals surface area contributed by atoms with Crippen LogP contribution in [0.15, 0.2) is 4.99 Å². The molecule has 0 aromatic rings. The van der Waals surface area contributed by atoms with Crippen molar-refractivity contribution in [1.82, 2.24) is 0 Å². The summed E-state index contributed by atoms with van der Waals surface area (Å²) in [6.45, 7) is 0. The normalized spacial score (nSPS) is 43.4. The maximum Gasteiger partial charge on any atom is 0.126 e. The summed E-state index contributed by atoms with van der Waals surface area (Å²) in [5.41, 5.74) is -0.215. The Labute approximate surface area is 71.3 Å². The highest BCUT2D eigenvalue weighted by Crippen LogP contribution is 2.39. The van der Waals surface area contributed by atoms with Crippen LogP contribution in [0, 0.1) is 11.8 Å². The zero-order chi connectivity index (χ0) is 7.84. The van der Waals surface area contributed by atoms with Crippen molar-refractivity contribution < 1.29 is 5.11 Å². The molecule has 0 aromatic heterocycles. The summed E-state index contributed by atoms with van der Waals surface area (Å²) in [5.74, 6) is 0.582. The van der Waals surface area contributed by atoms with Crippen LogP contribution in [0.1, 0.15) is 25.7 Å². The van der Waals surface area contributed by atoms with Crippen LogP contribution in [0.25, 0.3) is 0 Å². The molecule has 2 nitrogen and oxygen atoms in total. The van der Waals surface area contributed by atoms with E-state index in [1.54, 1.807) is 0 Å². The fourth-order valence-corrected chi connectivity index (χ4v) is 2.51. The third-order valence-electron chi connectivity index (χ3n) is 2.74. The first-order valence-electron chi connectivity index (χ1n) is 4.18. The largest absolute Gasteiger partial charge is 0.862 e. The van der Waals surface area contributed by atoms with Gasteiger partial charge in [-0.2, -0.15) is 0 Å². The average molecular weight is 173 g/mol. The van der Waals surface area contributed by atoms with Crippen molar-refractivity contribution in [3.63, 3.8) is 0 Å². The second kappa shape index (κ2) is 2.67. The summed E-state index contributed by atoms with van der Waals surface area (Å²) in [7, 11) is 0. The summed E-state index contributed by atoms with van der Waals surface area (Å²) in [4.78, 5) is 3.86. The van der Waals surface area contributed by atoms with Crippen LogP contribution in [0.4, 0.5) is 0 Å². The fraction of sp³-hybridized carbons (Fsp3) is 0.875. The van der Waals surface area contributed by atoms with Crippen molar-refractivity contribution in [3.05, 3.63) is 0 Å². The Kier molecular flexibility index (Phi) is 1.80. The van der Waals surface area contributed by atoms with Gasteiger partial charge < -0.3 is 5.11 Å². The Balaban J connectivity index is 2.14. The van der Waals surface area contributed by atoms with Crippen molar-refractivity contribution in [3.8, 4) is 0 Å². The van der Waals surface area contributed by atoms with Crippen molar-refractivity contribution in [2.24, 2.45) is 16.8 Å². The molecule has 0 amide bonds. The van der Waals surface area contributed by atoms with Gasteiger partial charge >= 0.3 is 0 Å². The monoisotopic (exact) mass is 172 g/mol. The maximum absolute atomic E-state index is 11.2. The molecule has 0 saturated heterocycles. The van der Waals surface area contributed by atoms with Crippen molar-refractivity contribution in [2.75, 3.05) is 0 Å². The minimum atomic E-state index is -0.215. The lowest BCUT2D eigenvalue weighted by molar-refractivity contribution is -0.224. The molecule has 1 aliphatic heterocycles.